The molecule has 1 aromatic heterocycles. The monoisotopic (exact) mass is 213 g/mol. The molecule has 0 aliphatic heterocycles. The molecule has 1 heterocycles. The van der Waals surface area contributed by atoms with Gasteiger partial charge in [0.2, 0.25) is 0 Å². The van der Waals surface area contributed by atoms with Crippen molar-refractivity contribution in [2.45, 2.75) is 4.90 Å². The second-order valence-electron chi connectivity index (χ2n) is 1.53. The van der Waals surface area contributed by atoms with Crippen LogP contribution in [-0.4, -0.2) is 23.8 Å². The van der Waals surface area contributed by atoms with Crippen LogP contribution in [0, 0.1) is 0 Å². The van der Waals surface area contributed by atoms with Crippen LogP contribution in [0.3, 0.4) is 0 Å². The molecule has 0 fully saturated rings. The third-order valence-electron chi connectivity index (χ3n) is 0.825. The Hall–Kier alpha value is -0.460. The maximum Gasteiger partial charge on any atom is 0.266 e. The predicted molar refractivity (Wildman–Crippen MR) is 37.9 cm³/mol. The molecule has 0 bridgehead atoms. The second kappa shape index (κ2) is 2.88. The number of hydrogen-bond donors (Lipinski definition) is 0. The van der Waals surface area contributed by atoms with Crippen LogP contribution in [-0.2, 0) is 9.05 Å². The van der Waals surface area contributed by atoms with Crippen LogP contribution in [0.4, 0.5) is 0 Å². The van der Waals surface area contributed by atoms with E-state index in [0.717, 1.165) is 6.20 Å². The summed E-state index contributed by atoms with van der Waals surface area (Å²) in [4.78, 5) is -0.337. The van der Waals surface area contributed by atoms with Crippen LogP contribution in [0.5, 0.6) is 0 Å². The highest BCUT2D eigenvalue weighted by atomic mass is 35.7. The topological polar surface area (TPSA) is 72.8 Å². The molecule has 0 saturated heterocycles. The summed E-state index contributed by atoms with van der Waals surface area (Å²) in [6.45, 7) is 0. The number of nitrogens with zero attached hydrogens (tertiary/aromatic N) is 3. The SMILES string of the molecule is O=S(=O)(Cl)c1cnnnc1Cl. The molecule has 1 rings (SSSR count). The van der Waals surface area contributed by atoms with Gasteiger partial charge in [-0.1, -0.05) is 11.6 Å². The van der Waals surface area contributed by atoms with Crippen molar-refractivity contribution in [3.63, 3.8) is 0 Å². The Morgan fingerprint density at radius 2 is 2.09 bits per heavy atom. The molecule has 0 aliphatic carbocycles. The van der Waals surface area contributed by atoms with Crippen LogP contribution in [0.1, 0.15) is 0 Å². The number of aromatic nitrogens is 3. The number of halogens is 2. The van der Waals surface area contributed by atoms with Gasteiger partial charge in [-0.05, 0) is 5.21 Å². The molecular formula is C3HCl2N3O2S. The zero-order valence-corrected chi connectivity index (χ0v) is 7.23. The van der Waals surface area contributed by atoms with E-state index in [1.807, 2.05) is 0 Å². The van der Waals surface area contributed by atoms with E-state index in [9.17, 15) is 8.42 Å². The Balaban J connectivity index is 3.37. The van der Waals surface area contributed by atoms with Crippen molar-refractivity contribution in [1.82, 2.24) is 15.4 Å². The molecule has 0 atom stereocenters. The van der Waals surface area contributed by atoms with Gasteiger partial charge in [0, 0.05) is 10.7 Å². The highest BCUT2D eigenvalue weighted by Crippen LogP contribution is 2.19. The summed E-state index contributed by atoms with van der Waals surface area (Å²) in [5.74, 6) is 0. The molecule has 11 heavy (non-hydrogen) atoms. The van der Waals surface area contributed by atoms with E-state index in [4.69, 9.17) is 22.3 Å². The molecule has 0 N–H and O–H groups in total. The number of hydrogen-bond acceptors (Lipinski definition) is 5. The van der Waals surface area contributed by atoms with Crippen LogP contribution in [0.15, 0.2) is 11.1 Å². The Morgan fingerprint density at radius 1 is 1.45 bits per heavy atom. The highest BCUT2D eigenvalue weighted by Gasteiger charge is 2.15. The fraction of sp³-hybridized carbons (Fsp3) is 0. The van der Waals surface area contributed by atoms with Crippen molar-refractivity contribution in [1.29, 1.82) is 0 Å². The highest BCUT2D eigenvalue weighted by molar-refractivity contribution is 8.13. The summed E-state index contributed by atoms with van der Waals surface area (Å²) in [6.07, 6.45) is 0.928. The predicted octanol–water partition coefficient (Wildman–Crippen LogP) is 0.453. The van der Waals surface area contributed by atoms with Crippen LogP contribution < -0.4 is 0 Å². The van der Waals surface area contributed by atoms with Gasteiger partial charge in [-0.25, -0.2) is 8.42 Å². The van der Waals surface area contributed by atoms with Gasteiger partial charge in [0.05, 0.1) is 6.20 Å². The lowest BCUT2D eigenvalue weighted by Crippen LogP contribution is -1.97. The summed E-state index contributed by atoms with van der Waals surface area (Å²) >= 11 is 5.33. The van der Waals surface area contributed by atoms with E-state index in [1.165, 1.54) is 0 Å². The quantitative estimate of drug-likeness (QED) is 0.634. The summed E-state index contributed by atoms with van der Waals surface area (Å²) in [6, 6.07) is 0. The average Bonchev–Trinajstić information content (AvgIpc) is 1.86. The Labute approximate surface area is 71.8 Å². The van der Waals surface area contributed by atoms with Crippen molar-refractivity contribution in [2.75, 3.05) is 0 Å². The van der Waals surface area contributed by atoms with Crippen molar-refractivity contribution >= 4 is 31.3 Å². The van der Waals surface area contributed by atoms with Crippen molar-refractivity contribution < 1.29 is 8.42 Å². The molecule has 0 spiro atoms. The molecule has 8 heteroatoms. The summed E-state index contributed by atoms with van der Waals surface area (Å²) in [5.41, 5.74) is 0. The largest absolute Gasteiger partial charge is 0.266 e. The molecule has 0 radical (unpaired) electrons. The molecular weight excluding hydrogens is 213 g/mol. The van der Waals surface area contributed by atoms with Crippen molar-refractivity contribution in [3.05, 3.63) is 11.3 Å². The first kappa shape index (κ1) is 8.63. The average molecular weight is 214 g/mol. The van der Waals surface area contributed by atoms with E-state index in [0.29, 0.717) is 0 Å². The van der Waals surface area contributed by atoms with Crippen LogP contribution in [0.2, 0.25) is 5.15 Å². The van der Waals surface area contributed by atoms with E-state index in [1.54, 1.807) is 0 Å². The molecule has 0 unspecified atom stereocenters. The van der Waals surface area contributed by atoms with Gasteiger partial charge in [-0.15, -0.1) is 10.2 Å². The third kappa shape index (κ3) is 1.98. The zero-order chi connectivity index (χ0) is 8.48. The molecule has 0 saturated carbocycles. The zero-order valence-electron chi connectivity index (χ0n) is 4.90. The first-order chi connectivity index (χ1) is 5.02. The first-order valence-electron chi connectivity index (χ1n) is 2.30. The molecule has 0 aromatic carbocycles. The summed E-state index contributed by atoms with van der Waals surface area (Å²) in [7, 11) is 1.09. The van der Waals surface area contributed by atoms with Crippen LogP contribution in [0.25, 0.3) is 0 Å². The number of rotatable bonds is 1. The molecule has 5 nitrogen and oxygen atoms in total. The fourth-order valence-corrected chi connectivity index (χ4v) is 1.67. The molecule has 60 valence electrons. The van der Waals surface area contributed by atoms with Gasteiger partial charge in [0.25, 0.3) is 9.05 Å². The summed E-state index contributed by atoms with van der Waals surface area (Å²) < 4.78 is 21.3. The van der Waals surface area contributed by atoms with E-state index >= 15 is 0 Å². The van der Waals surface area contributed by atoms with Gasteiger partial charge in [-0.2, -0.15) is 0 Å². The standard InChI is InChI=1S/C3HCl2N3O2S/c4-3-2(11(5,9)10)1-6-8-7-3/h1H. The van der Waals surface area contributed by atoms with Gasteiger partial charge >= 0.3 is 0 Å². The van der Waals surface area contributed by atoms with Gasteiger partial charge in [0.1, 0.15) is 4.90 Å². The molecule has 1 aromatic rings. The molecule has 0 amide bonds. The smallest absolute Gasteiger partial charge is 0.207 e. The maximum atomic E-state index is 10.6. The van der Waals surface area contributed by atoms with E-state index < -0.39 is 9.05 Å². The van der Waals surface area contributed by atoms with Gasteiger partial charge < -0.3 is 0 Å². The van der Waals surface area contributed by atoms with Crippen molar-refractivity contribution in [3.8, 4) is 0 Å². The minimum Gasteiger partial charge on any atom is -0.207 e. The van der Waals surface area contributed by atoms with Gasteiger partial charge in [0.15, 0.2) is 5.15 Å². The Kier molecular flexibility index (Phi) is 2.26. The van der Waals surface area contributed by atoms with E-state index in [-0.39, 0.29) is 10.0 Å². The lowest BCUT2D eigenvalue weighted by molar-refractivity contribution is 0.607. The third-order valence-corrected chi connectivity index (χ3v) is 2.54. The lowest BCUT2D eigenvalue weighted by Gasteiger charge is -1.93. The fourth-order valence-electron chi connectivity index (χ4n) is 0.409. The lowest BCUT2D eigenvalue weighted by atomic mass is 10.7. The van der Waals surface area contributed by atoms with Crippen LogP contribution >= 0.6 is 22.3 Å². The Bertz CT molecular complexity index is 365. The minimum absolute atomic E-state index is 0.282. The first-order valence-corrected chi connectivity index (χ1v) is 4.99. The normalized spacial score (nSPS) is 11.5. The molecule has 0 aliphatic rings. The van der Waals surface area contributed by atoms with Gasteiger partial charge in [-0.3, -0.25) is 0 Å². The van der Waals surface area contributed by atoms with Crippen molar-refractivity contribution in [2.24, 2.45) is 0 Å². The van der Waals surface area contributed by atoms with E-state index in [2.05, 4.69) is 15.4 Å². The maximum absolute atomic E-state index is 10.6. The summed E-state index contributed by atoms with van der Waals surface area (Å²) in [5, 5.41) is 9.21. The Morgan fingerprint density at radius 3 is 2.45 bits per heavy atom. The minimum atomic E-state index is -3.86. The second-order valence-corrected chi connectivity index (χ2v) is 4.42.